The molecule has 0 bridgehead atoms. The molecular weight excluding hydrogens is 377 g/mol. The Morgan fingerprint density at radius 3 is 2.58 bits per heavy atom. The van der Waals surface area contributed by atoms with Crippen molar-refractivity contribution in [1.82, 2.24) is 4.90 Å². The van der Waals surface area contributed by atoms with Gasteiger partial charge in [0.05, 0.1) is 15.6 Å². The molecule has 1 aromatic rings. The van der Waals surface area contributed by atoms with Gasteiger partial charge in [0.15, 0.2) is 5.78 Å². The van der Waals surface area contributed by atoms with Gasteiger partial charge < -0.3 is 14.4 Å². The fourth-order valence-corrected chi connectivity index (χ4v) is 2.99. The number of carbonyl (C=O) groups is 2. The Morgan fingerprint density at radius 1 is 1.31 bits per heavy atom. The van der Waals surface area contributed by atoms with Gasteiger partial charge in [0.25, 0.3) is 0 Å². The van der Waals surface area contributed by atoms with E-state index in [1.54, 1.807) is 11.0 Å². The molecule has 0 aromatic heterocycles. The minimum atomic E-state index is -0.575. The summed E-state index contributed by atoms with van der Waals surface area (Å²) in [6.45, 7) is 10.0. The molecule has 1 atom stereocenters. The van der Waals surface area contributed by atoms with Crippen molar-refractivity contribution in [2.24, 2.45) is 5.92 Å². The van der Waals surface area contributed by atoms with E-state index in [2.05, 4.69) is 6.58 Å². The summed E-state index contributed by atoms with van der Waals surface area (Å²) in [6, 6.07) is 3.04. The molecule has 5 nitrogen and oxygen atoms in total. The van der Waals surface area contributed by atoms with Crippen LogP contribution in [0.1, 0.15) is 37.6 Å². The van der Waals surface area contributed by atoms with Crippen molar-refractivity contribution < 1.29 is 19.1 Å². The maximum absolute atomic E-state index is 13.0. The highest BCUT2D eigenvalue weighted by Crippen LogP contribution is 2.34. The standard InChI is InChI=1S/C19H23Cl2NO4/c1-5-8-25-16-10-15(21)14(20)9-13(16)17(23)12-6-7-22(11-12)18(24)26-19(2,3)4/h5,9-10,12H,1,6-8,11H2,2-4H3. The fraction of sp³-hybridized carbons (Fsp3) is 0.474. The second-order valence-electron chi connectivity index (χ2n) is 7.14. The highest BCUT2D eigenvalue weighted by atomic mass is 35.5. The topological polar surface area (TPSA) is 55.8 Å². The molecule has 26 heavy (non-hydrogen) atoms. The average molecular weight is 400 g/mol. The Kier molecular flexibility index (Phi) is 6.58. The molecule has 1 fully saturated rings. The third kappa shape index (κ3) is 5.15. The first-order valence-electron chi connectivity index (χ1n) is 8.37. The molecule has 0 spiro atoms. The Bertz CT molecular complexity index is 712. The number of Topliss-reactive ketones (excluding diaryl/α,β-unsaturated/α-hetero) is 1. The van der Waals surface area contributed by atoms with Gasteiger partial charge in [-0.3, -0.25) is 4.79 Å². The lowest BCUT2D eigenvalue weighted by Crippen LogP contribution is -2.35. The van der Waals surface area contributed by atoms with Crippen LogP contribution < -0.4 is 4.74 Å². The van der Waals surface area contributed by atoms with Crippen LogP contribution in [0, 0.1) is 5.92 Å². The molecule has 7 heteroatoms. The second kappa shape index (κ2) is 8.31. The summed E-state index contributed by atoms with van der Waals surface area (Å²) in [5.74, 6) is -0.112. The van der Waals surface area contributed by atoms with Crippen LogP contribution >= 0.6 is 23.2 Å². The summed E-state index contributed by atoms with van der Waals surface area (Å²) >= 11 is 12.1. The third-order valence-corrected chi connectivity index (χ3v) is 4.58. The minimum Gasteiger partial charge on any atom is -0.489 e. The zero-order chi connectivity index (χ0) is 19.5. The lowest BCUT2D eigenvalue weighted by molar-refractivity contribution is 0.0289. The normalized spacial score (nSPS) is 17.1. The van der Waals surface area contributed by atoms with Crippen molar-refractivity contribution in [3.63, 3.8) is 0 Å². The number of rotatable bonds is 5. The number of ether oxygens (including phenoxy) is 2. The van der Waals surface area contributed by atoms with Crippen LogP contribution in [-0.4, -0.2) is 42.1 Å². The van der Waals surface area contributed by atoms with E-state index in [1.807, 2.05) is 20.8 Å². The molecule has 1 heterocycles. The van der Waals surface area contributed by atoms with Gasteiger partial charge in [0, 0.05) is 25.1 Å². The summed E-state index contributed by atoms with van der Waals surface area (Å²) in [6.07, 6.45) is 1.72. The van der Waals surface area contributed by atoms with Crippen molar-refractivity contribution in [2.45, 2.75) is 32.8 Å². The zero-order valence-electron chi connectivity index (χ0n) is 15.2. The van der Waals surface area contributed by atoms with Crippen LogP contribution in [0.5, 0.6) is 5.75 Å². The van der Waals surface area contributed by atoms with E-state index < -0.39 is 11.7 Å². The SMILES string of the molecule is C=CCOc1cc(Cl)c(Cl)cc1C(=O)C1CCN(C(=O)OC(C)(C)C)C1. The Hall–Kier alpha value is -1.72. The van der Waals surface area contributed by atoms with Crippen molar-refractivity contribution >= 4 is 35.1 Å². The van der Waals surface area contributed by atoms with E-state index in [0.29, 0.717) is 35.8 Å². The minimum absolute atomic E-state index is 0.131. The summed E-state index contributed by atoms with van der Waals surface area (Å²) < 4.78 is 10.9. The largest absolute Gasteiger partial charge is 0.489 e. The van der Waals surface area contributed by atoms with Gasteiger partial charge in [0.1, 0.15) is 18.0 Å². The molecule has 1 unspecified atom stereocenters. The summed E-state index contributed by atoms with van der Waals surface area (Å²) in [7, 11) is 0. The van der Waals surface area contributed by atoms with Gasteiger partial charge in [0.2, 0.25) is 0 Å². The molecular formula is C19H23Cl2NO4. The quantitative estimate of drug-likeness (QED) is 0.516. The number of carbonyl (C=O) groups excluding carboxylic acids is 2. The van der Waals surface area contributed by atoms with Crippen LogP contribution in [0.15, 0.2) is 24.8 Å². The lowest BCUT2D eigenvalue weighted by Gasteiger charge is -2.24. The number of hydrogen-bond donors (Lipinski definition) is 0. The number of ketones is 1. The number of nitrogens with zero attached hydrogens (tertiary/aromatic N) is 1. The van der Waals surface area contributed by atoms with Crippen molar-refractivity contribution in [2.75, 3.05) is 19.7 Å². The molecule has 2 rings (SSSR count). The Labute approximate surface area is 163 Å². The summed E-state index contributed by atoms with van der Waals surface area (Å²) in [5.41, 5.74) is -0.216. The summed E-state index contributed by atoms with van der Waals surface area (Å²) in [4.78, 5) is 26.7. The molecule has 1 amide bonds. The van der Waals surface area contributed by atoms with E-state index in [9.17, 15) is 9.59 Å². The van der Waals surface area contributed by atoms with Crippen LogP contribution in [-0.2, 0) is 4.74 Å². The molecule has 0 N–H and O–H groups in total. The average Bonchev–Trinajstić information content (AvgIpc) is 3.03. The summed E-state index contributed by atoms with van der Waals surface area (Å²) in [5, 5.41) is 0.590. The first kappa shape index (κ1) is 20.6. The Morgan fingerprint density at radius 2 is 1.96 bits per heavy atom. The van der Waals surface area contributed by atoms with E-state index in [1.165, 1.54) is 12.1 Å². The zero-order valence-corrected chi connectivity index (χ0v) is 16.7. The predicted molar refractivity (Wildman–Crippen MR) is 102 cm³/mol. The number of halogens is 2. The van der Waals surface area contributed by atoms with E-state index >= 15 is 0 Å². The molecule has 1 aromatic carbocycles. The van der Waals surface area contributed by atoms with E-state index in [4.69, 9.17) is 32.7 Å². The maximum atomic E-state index is 13.0. The van der Waals surface area contributed by atoms with Crippen molar-refractivity contribution in [3.8, 4) is 5.75 Å². The molecule has 1 saturated heterocycles. The first-order valence-corrected chi connectivity index (χ1v) is 9.13. The fourth-order valence-electron chi connectivity index (χ4n) is 2.68. The smallest absolute Gasteiger partial charge is 0.410 e. The van der Waals surface area contributed by atoms with Gasteiger partial charge in [-0.15, -0.1) is 0 Å². The van der Waals surface area contributed by atoms with E-state index in [0.717, 1.165) is 0 Å². The second-order valence-corrected chi connectivity index (χ2v) is 7.95. The molecule has 0 radical (unpaired) electrons. The predicted octanol–water partition coefficient (Wildman–Crippen LogP) is 5.00. The third-order valence-electron chi connectivity index (χ3n) is 3.86. The number of hydrogen-bond acceptors (Lipinski definition) is 4. The molecule has 0 aliphatic carbocycles. The van der Waals surface area contributed by atoms with Crippen LogP contribution in [0.25, 0.3) is 0 Å². The van der Waals surface area contributed by atoms with Gasteiger partial charge in [-0.2, -0.15) is 0 Å². The van der Waals surface area contributed by atoms with Crippen LogP contribution in [0.3, 0.4) is 0 Å². The van der Waals surface area contributed by atoms with Crippen LogP contribution in [0.4, 0.5) is 4.79 Å². The molecule has 142 valence electrons. The first-order chi connectivity index (χ1) is 12.1. The lowest BCUT2D eigenvalue weighted by atomic mass is 9.96. The van der Waals surface area contributed by atoms with Gasteiger partial charge in [-0.05, 0) is 33.3 Å². The molecule has 1 aliphatic heterocycles. The van der Waals surface area contributed by atoms with Crippen molar-refractivity contribution in [1.29, 1.82) is 0 Å². The van der Waals surface area contributed by atoms with Crippen LogP contribution in [0.2, 0.25) is 10.0 Å². The highest BCUT2D eigenvalue weighted by Gasteiger charge is 2.35. The number of likely N-dealkylation sites (tertiary alicyclic amines) is 1. The van der Waals surface area contributed by atoms with Gasteiger partial charge in [-0.25, -0.2) is 4.79 Å². The van der Waals surface area contributed by atoms with E-state index in [-0.39, 0.29) is 23.3 Å². The van der Waals surface area contributed by atoms with Crippen molar-refractivity contribution in [3.05, 3.63) is 40.4 Å². The van der Waals surface area contributed by atoms with Gasteiger partial charge >= 0.3 is 6.09 Å². The van der Waals surface area contributed by atoms with Gasteiger partial charge in [-0.1, -0.05) is 35.9 Å². The highest BCUT2D eigenvalue weighted by molar-refractivity contribution is 6.42. The number of amides is 1. The monoisotopic (exact) mass is 399 g/mol. The molecule has 0 saturated carbocycles. The number of benzene rings is 1. The Balaban J connectivity index is 2.16. The maximum Gasteiger partial charge on any atom is 0.410 e. The molecule has 1 aliphatic rings.